The molecule has 0 aliphatic carbocycles. The molecular weight excluding hydrogens is 338 g/mol. The molecule has 2 aromatic carbocycles. The number of ether oxygens (including phenoxy) is 2. The van der Waals surface area contributed by atoms with Crippen molar-refractivity contribution in [2.24, 2.45) is 0 Å². The Morgan fingerprint density at radius 1 is 1.04 bits per heavy atom. The second-order valence-electron chi connectivity index (χ2n) is 5.11. The summed E-state index contributed by atoms with van der Waals surface area (Å²) in [6.07, 6.45) is 4.68. The highest BCUT2D eigenvalue weighted by Crippen LogP contribution is 2.21. The first kappa shape index (κ1) is 18.5. The van der Waals surface area contributed by atoms with Gasteiger partial charge < -0.3 is 9.47 Å². The second-order valence-corrected chi connectivity index (χ2v) is 5.11. The first-order valence-electron chi connectivity index (χ1n) is 7.73. The Morgan fingerprint density at radius 2 is 1.84 bits per heavy atom. The molecule has 0 saturated heterocycles. The summed E-state index contributed by atoms with van der Waals surface area (Å²) in [5.41, 5.74) is 1.61. The van der Waals surface area contributed by atoms with E-state index in [1.807, 2.05) is 30.4 Å². The number of carbonyl (C=O) groups excluding carboxylic acids is 1. The quantitative estimate of drug-likeness (QED) is 0.591. The monoisotopic (exact) mass is 355 g/mol. The van der Waals surface area contributed by atoms with Crippen molar-refractivity contribution >= 4 is 41.5 Å². The summed E-state index contributed by atoms with van der Waals surface area (Å²) in [6, 6.07) is 17.8. The predicted molar refractivity (Wildman–Crippen MR) is 102 cm³/mol. The fourth-order valence-electron chi connectivity index (χ4n) is 2.34. The first-order chi connectivity index (χ1) is 11.8. The van der Waals surface area contributed by atoms with Gasteiger partial charge in [0.05, 0.1) is 6.61 Å². The average Bonchev–Trinajstić information content (AvgIpc) is 2.61. The molecule has 0 spiro atoms. The molecular formula is C20H18ClNO3. The van der Waals surface area contributed by atoms with Gasteiger partial charge in [-0.25, -0.2) is 4.79 Å². The number of carbonyl (C=O) groups is 1. The van der Waals surface area contributed by atoms with Gasteiger partial charge in [-0.3, -0.25) is 4.98 Å². The van der Waals surface area contributed by atoms with Crippen LogP contribution in [-0.2, 0) is 4.74 Å². The molecule has 0 bridgehead atoms. The Kier molecular flexibility index (Phi) is 6.54. The van der Waals surface area contributed by atoms with Gasteiger partial charge in [-0.1, -0.05) is 42.5 Å². The lowest BCUT2D eigenvalue weighted by molar-refractivity contribution is 0.104. The van der Waals surface area contributed by atoms with Gasteiger partial charge in [0.25, 0.3) is 0 Å². The maximum atomic E-state index is 11.5. The lowest BCUT2D eigenvalue weighted by Gasteiger charge is -2.06. The molecule has 0 aliphatic heterocycles. The van der Waals surface area contributed by atoms with E-state index in [4.69, 9.17) is 9.47 Å². The van der Waals surface area contributed by atoms with Crippen LogP contribution in [0, 0.1) is 0 Å². The predicted octanol–water partition coefficient (Wildman–Crippen LogP) is 5.36. The van der Waals surface area contributed by atoms with E-state index < -0.39 is 6.16 Å². The van der Waals surface area contributed by atoms with E-state index in [-0.39, 0.29) is 19.0 Å². The number of pyridine rings is 1. The zero-order valence-electron chi connectivity index (χ0n) is 13.7. The van der Waals surface area contributed by atoms with Crippen LogP contribution >= 0.6 is 12.4 Å². The molecule has 1 aromatic heterocycles. The minimum Gasteiger partial charge on any atom is -0.434 e. The molecule has 0 atom stereocenters. The van der Waals surface area contributed by atoms with Gasteiger partial charge in [0.2, 0.25) is 0 Å². The number of halogens is 1. The number of fused-ring (bicyclic) bond motifs is 1. The van der Waals surface area contributed by atoms with E-state index in [1.165, 1.54) is 10.8 Å². The normalized spacial score (nSPS) is 10.4. The van der Waals surface area contributed by atoms with Gasteiger partial charge in [-0.05, 0) is 47.5 Å². The van der Waals surface area contributed by atoms with E-state index in [1.54, 1.807) is 25.3 Å². The molecule has 0 unspecified atom stereocenters. The number of hydrogen-bond donors (Lipinski definition) is 0. The Hall–Kier alpha value is -2.85. The van der Waals surface area contributed by atoms with Crippen LogP contribution in [-0.4, -0.2) is 17.7 Å². The van der Waals surface area contributed by atoms with Crippen molar-refractivity contribution in [3.63, 3.8) is 0 Å². The standard InChI is InChI=1S/C20H17NO3.ClH/c1-2-23-20(22)24-19-8-5-13-21-18(19)12-10-15-9-11-16-6-3-4-7-17(16)14-15;/h3-14H,2H2,1H3;1H. The summed E-state index contributed by atoms with van der Waals surface area (Å²) in [5, 5.41) is 2.36. The molecule has 0 radical (unpaired) electrons. The smallest absolute Gasteiger partial charge is 0.434 e. The number of rotatable bonds is 4. The zero-order valence-corrected chi connectivity index (χ0v) is 14.5. The Labute approximate surface area is 152 Å². The molecule has 0 amide bonds. The van der Waals surface area contributed by atoms with Crippen LogP contribution in [0.3, 0.4) is 0 Å². The fraction of sp³-hybridized carbons (Fsp3) is 0.100. The van der Waals surface area contributed by atoms with E-state index in [2.05, 4.69) is 29.2 Å². The van der Waals surface area contributed by atoms with Gasteiger partial charge in [0.1, 0.15) is 5.69 Å². The SMILES string of the molecule is CCOC(=O)Oc1cccnc1C=Cc1ccc2ccccc2c1.Cl. The molecule has 3 rings (SSSR count). The Bertz CT molecular complexity index is 893. The van der Waals surface area contributed by atoms with E-state index in [0.717, 1.165) is 5.56 Å². The molecule has 4 nitrogen and oxygen atoms in total. The summed E-state index contributed by atoms with van der Waals surface area (Å²) in [6.45, 7) is 1.99. The molecule has 0 fully saturated rings. The zero-order chi connectivity index (χ0) is 16.8. The van der Waals surface area contributed by atoms with E-state index in [0.29, 0.717) is 11.4 Å². The van der Waals surface area contributed by atoms with Crippen LogP contribution in [0.15, 0.2) is 60.8 Å². The highest BCUT2D eigenvalue weighted by Gasteiger charge is 2.08. The highest BCUT2D eigenvalue weighted by atomic mass is 35.5. The van der Waals surface area contributed by atoms with E-state index in [9.17, 15) is 4.79 Å². The summed E-state index contributed by atoms with van der Waals surface area (Å²) in [4.78, 5) is 15.7. The molecule has 3 aromatic rings. The third kappa shape index (κ3) is 4.81. The second kappa shape index (κ2) is 8.85. The molecule has 0 saturated carbocycles. The van der Waals surface area contributed by atoms with Crippen molar-refractivity contribution in [2.45, 2.75) is 6.92 Å². The fourth-order valence-corrected chi connectivity index (χ4v) is 2.34. The van der Waals surface area contributed by atoms with Gasteiger partial charge in [0, 0.05) is 6.20 Å². The third-order valence-corrected chi connectivity index (χ3v) is 3.46. The minimum absolute atomic E-state index is 0. The van der Waals surface area contributed by atoms with Crippen LogP contribution in [0.1, 0.15) is 18.2 Å². The Morgan fingerprint density at radius 3 is 2.64 bits per heavy atom. The van der Waals surface area contributed by atoms with Gasteiger partial charge in [-0.15, -0.1) is 12.4 Å². The van der Waals surface area contributed by atoms with Crippen LogP contribution in [0.5, 0.6) is 5.75 Å². The topological polar surface area (TPSA) is 48.4 Å². The van der Waals surface area contributed by atoms with Gasteiger partial charge >= 0.3 is 6.16 Å². The van der Waals surface area contributed by atoms with Crippen LogP contribution in [0.25, 0.3) is 22.9 Å². The van der Waals surface area contributed by atoms with Crippen molar-refractivity contribution < 1.29 is 14.3 Å². The van der Waals surface area contributed by atoms with E-state index >= 15 is 0 Å². The lowest BCUT2D eigenvalue weighted by atomic mass is 10.1. The van der Waals surface area contributed by atoms with Crippen molar-refractivity contribution in [1.82, 2.24) is 4.98 Å². The summed E-state index contributed by atoms with van der Waals surface area (Å²) in [7, 11) is 0. The maximum absolute atomic E-state index is 11.5. The summed E-state index contributed by atoms with van der Waals surface area (Å²) >= 11 is 0. The van der Waals surface area contributed by atoms with Crippen LogP contribution in [0.4, 0.5) is 4.79 Å². The van der Waals surface area contributed by atoms with Crippen molar-refractivity contribution in [1.29, 1.82) is 0 Å². The summed E-state index contributed by atoms with van der Waals surface area (Å²) < 4.78 is 9.97. The average molecular weight is 356 g/mol. The third-order valence-electron chi connectivity index (χ3n) is 3.46. The van der Waals surface area contributed by atoms with Crippen molar-refractivity contribution in [2.75, 3.05) is 6.61 Å². The van der Waals surface area contributed by atoms with Gasteiger partial charge in [-0.2, -0.15) is 0 Å². The molecule has 5 heteroatoms. The molecule has 0 aliphatic rings. The van der Waals surface area contributed by atoms with Gasteiger partial charge in [0.15, 0.2) is 5.75 Å². The number of aromatic nitrogens is 1. The molecule has 1 heterocycles. The minimum atomic E-state index is -0.731. The molecule has 25 heavy (non-hydrogen) atoms. The van der Waals surface area contributed by atoms with Crippen molar-refractivity contribution in [3.8, 4) is 5.75 Å². The molecule has 128 valence electrons. The number of benzene rings is 2. The van der Waals surface area contributed by atoms with Crippen LogP contribution < -0.4 is 4.74 Å². The molecule has 0 N–H and O–H groups in total. The summed E-state index contributed by atoms with van der Waals surface area (Å²) in [5.74, 6) is 0.369. The number of nitrogens with zero attached hydrogens (tertiary/aromatic N) is 1. The largest absolute Gasteiger partial charge is 0.513 e. The van der Waals surface area contributed by atoms with Crippen molar-refractivity contribution in [3.05, 3.63) is 72.1 Å². The maximum Gasteiger partial charge on any atom is 0.513 e. The Balaban J connectivity index is 0.00000225. The highest BCUT2D eigenvalue weighted by molar-refractivity contribution is 5.86. The lowest BCUT2D eigenvalue weighted by Crippen LogP contribution is -2.11. The first-order valence-corrected chi connectivity index (χ1v) is 7.73. The number of hydrogen-bond acceptors (Lipinski definition) is 4. The van der Waals surface area contributed by atoms with Crippen LogP contribution in [0.2, 0.25) is 0 Å².